The molecule has 4 heterocycles. The number of furan rings is 1. The van der Waals surface area contributed by atoms with Gasteiger partial charge in [-0.25, -0.2) is 15.0 Å². The monoisotopic (exact) mass is 345 g/mol. The van der Waals surface area contributed by atoms with Crippen molar-refractivity contribution in [3.05, 3.63) is 35.5 Å². The quantitative estimate of drug-likeness (QED) is 0.575. The topological polar surface area (TPSA) is 111 Å². The van der Waals surface area contributed by atoms with Crippen LogP contribution in [0.15, 0.2) is 39.9 Å². The summed E-state index contributed by atoms with van der Waals surface area (Å²) in [6.07, 6.45) is 2.97. The van der Waals surface area contributed by atoms with Crippen molar-refractivity contribution in [3.8, 4) is 17.3 Å². The summed E-state index contributed by atoms with van der Waals surface area (Å²) in [7, 11) is 0. The van der Waals surface area contributed by atoms with Crippen LogP contribution in [-0.4, -0.2) is 29.7 Å². The minimum atomic E-state index is 0.437. The molecule has 0 radical (unpaired) electrons. The van der Waals surface area contributed by atoms with Gasteiger partial charge < -0.3 is 15.1 Å². The second-order valence-corrected chi connectivity index (χ2v) is 5.05. The number of anilines is 1. The average molecular weight is 346 g/mol. The Morgan fingerprint density at radius 1 is 1.24 bits per heavy atom. The standard InChI is InChI=1S/C12H8BrN7O/c13-8-2-1-7(21-8)6-3-9(14)20(19-6)12-10-11(16-4-15-10)17-5-18-12/h1-5H,14H2,(H,15,16,17,18). The minimum Gasteiger partial charge on any atom is -0.448 e. The fourth-order valence-corrected chi connectivity index (χ4v) is 2.36. The summed E-state index contributed by atoms with van der Waals surface area (Å²) in [5.74, 6) is 1.58. The van der Waals surface area contributed by atoms with Crippen LogP contribution in [-0.2, 0) is 0 Å². The van der Waals surface area contributed by atoms with Gasteiger partial charge in [-0.2, -0.15) is 9.78 Å². The summed E-state index contributed by atoms with van der Waals surface area (Å²) in [5.41, 5.74) is 7.86. The average Bonchev–Trinajstić information content (AvgIpc) is 3.17. The van der Waals surface area contributed by atoms with E-state index in [2.05, 4.69) is 41.0 Å². The van der Waals surface area contributed by atoms with Gasteiger partial charge in [0.2, 0.25) is 0 Å². The fraction of sp³-hybridized carbons (Fsp3) is 0. The Morgan fingerprint density at radius 2 is 2.14 bits per heavy atom. The maximum absolute atomic E-state index is 6.03. The predicted molar refractivity (Wildman–Crippen MR) is 78.6 cm³/mol. The van der Waals surface area contributed by atoms with Crippen LogP contribution in [0.3, 0.4) is 0 Å². The number of aromatic nitrogens is 6. The first-order valence-corrected chi connectivity index (χ1v) is 6.77. The molecule has 0 saturated heterocycles. The molecule has 0 aliphatic heterocycles. The van der Waals surface area contributed by atoms with Crippen molar-refractivity contribution in [1.82, 2.24) is 29.7 Å². The van der Waals surface area contributed by atoms with Crippen molar-refractivity contribution in [2.75, 3.05) is 5.73 Å². The van der Waals surface area contributed by atoms with Gasteiger partial charge in [-0.05, 0) is 28.1 Å². The highest BCUT2D eigenvalue weighted by atomic mass is 79.9. The van der Waals surface area contributed by atoms with E-state index in [9.17, 15) is 0 Å². The number of hydrogen-bond donors (Lipinski definition) is 2. The molecule has 0 unspecified atom stereocenters. The molecule has 0 aromatic carbocycles. The van der Waals surface area contributed by atoms with Gasteiger partial charge in [-0.1, -0.05) is 0 Å². The number of H-pyrrole nitrogens is 1. The molecule has 8 nitrogen and oxygen atoms in total. The first-order valence-electron chi connectivity index (χ1n) is 5.98. The zero-order valence-electron chi connectivity index (χ0n) is 10.5. The van der Waals surface area contributed by atoms with Gasteiger partial charge in [0, 0.05) is 6.07 Å². The molecule has 4 aromatic rings. The number of fused-ring (bicyclic) bond motifs is 1. The van der Waals surface area contributed by atoms with E-state index in [4.69, 9.17) is 10.2 Å². The van der Waals surface area contributed by atoms with Crippen LogP contribution in [0.4, 0.5) is 5.82 Å². The molecule has 9 heteroatoms. The first-order chi connectivity index (χ1) is 10.2. The lowest BCUT2D eigenvalue weighted by atomic mass is 10.3. The van der Waals surface area contributed by atoms with Crippen molar-refractivity contribution in [1.29, 1.82) is 0 Å². The van der Waals surface area contributed by atoms with Crippen molar-refractivity contribution in [3.63, 3.8) is 0 Å². The van der Waals surface area contributed by atoms with Gasteiger partial charge in [-0.3, -0.25) is 0 Å². The van der Waals surface area contributed by atoms with Crippen LogP contribution in [0.2, 0.25) is 0 Å². The molecule has 4 aromatic heterocycles. The number of nitrogens with two attached hydrogens (primary N) is 1. The van der Waals surface area contributed by atoms with E-state index in [1.807, 2.05) is 6.07 Å². The number of imidazole rings is 1. The van der Waals surface area contributed by atoms with Crippen molar-refractivity contribution >= 4 is 32.9 Å². The van der Waals surface area contributed by atoms with Gasteiger partial charge in [0.05, 0.1) is 6.33 Å². The number of nitrogens with one attached hydrogen (secondary N) is 1. The molecule has 0 spiro atoms. The van der Waals surface area contributed by atoms with Gasteiger partial charge in [-0.15, -0.1) is 0 Å². The number of hydrogen-bond acceptors (Lipinski definition) is 6. The number of aromatic amines is 1. The molecule has 0 saturated carbocycles. The van der Waals surface area contributed by atoms with E-state index >= 15 is 0 Å². The molecular weight excluding hydrogens is 338 g/mol. The third-order valence-corrected chi connectivity index (χ3v) is 3.39. The predicted octanol–water partition coefficient (Wildman–Crippen LogP) is 2.14. The largest absolute Gasteiger partial charge is 0.448 e. The zero-order chi connectivity index (χ0) is 14.4. The van der Waals surface area contributed by atoms with Crippen LogP contribution < -0.4 is 5.73 Å². The van der Waals surface area contributed by atoms with E-state index in [-0.39, 0.29) is 0 Å². The first kappa shape index (κ1) is 12.1. The highest BCUT2D eigenvalue weighted by Crippen LogP contribution is 2.27. The molecule has 0 bridgehead atoms. The van der Waals surface area contributed by atoms with E-state index < -0.39 is 0 Å². The van der Waals surface area contributed by atoms with E-state index in [1.165, 1.54) is 11.0 Å². The Labute approximate surface area is 126 Å². The summed E-state index contributed by atoms with van der Waals surface area (Å²) in [6.45, 7) is 0. The van der Waals surface area contributed by atoms with E-state index in [0.717, 1.165) is 0 Å². The number of nitrogen functional groups attached to an aromatic ring is 1. The van der Waals surface area contributed by atoms with Crippen molar-refractivity contribution in [2.45, 2.75) is 0 Å². The van der Waals surface area contributed by atoms with E-state index in [0.29, 0.717) is 38.9 Å². The van der Waals surface area contributed by atoms with Gasteiger partial charge in [0.15, 0.2) is 21.9 Å². The van der Waals surface area contributed by atoms with Crippen LogP contribution in [0, 0.1) is 0 Å². The van der Waals surface area contributed by atoms with Crippen molar-refractivity contribution < 1.29 is 4.42 Å². The second-order valence-electron chi connectivity index (χ2n) is 4.27. The van der Waals surface area contributed by atoms with Gasteiger partial charge in [0.1, 0.15) is 23.4 Å². The molecular formula is C12H8BrN7O. The van der Waals surface area contributed by atoms with Crippen LogP contribution in [0.5, 0.6) is 0 Å². The molecule has 0 aliphatic rings. The smallest absolute Gasteiger partial charge is 0.184 e. The Bertz CT molecular complexity index is 938. The third-order valence-electron chi connectivity index (χ3n) is 2.97. The maximum atomic E-state index is 6.03. The zero-order valence-corrected chi connectivity index (χ0v) is 12.1. The fourth-order valence-electron chi connectivity index (χ4n) is 2.05. The van der Waals surface area contributed by atoms with E-state index in [1.54, 1.807) is 18.5 Å². The molecule has 0 atom stereocenters. The molecule has 3 N–H and O–H groups in total. The van der Waals surface area contributed by atoms with Crippen LogP contribution >= 0.6 is 15.9 Å². The Hall–Kier alpha value is -2.68. The molecule has 4 rings (SSSR count). The lowest BCUT2D eigenvalue weighted by molar-refractivity contribution is 0.553. The molecule has 21 heavy (non-hydrogen) atoms. The summed E-state index contributed by atoms with van der Waals surface area (Å²) in [5, 5.41) is 4.43. The number of rotatable bonds is 2. The number of halogens is 1. The lowest BCUT2D eigenvalue weighted by Crippen LogP contribution is -2.05. The second kappa shape index (κ2) is 4.42. The highest BCUT2D eigenvalue weighted by molar-refractivity contribution is 9.10. The minimum absolute atomic E-state index is 0.437. The summed E-state index contributed by atoms with van der Waals surface area (Å²) in [4.78, 5) is 15.4. The molecule has 0 amide bonds. The normalized spacial score (nSPS) is 11.3. The summed E-state index contributed by atoms with van der Waals surface area (Å²) >= 11 is 3.26. The molecule has 0 fully saturated rings. The third kappa shape index (κ3) is 1.89. The molecule has 104 valence electrons. The highest BCUT2D eigenvalue weighted by Gasteiger charge is 2.15. The molecule has 0 aliphatic carbocycles. The summed E-state index contributed by atoms with van der Waals surface area (Å²) < 4.78 is 7.63. The van der Waals surface area contributed by atoms with Crippen LogP contribution in [0.25, 0.3) is 28.4 Å². The Morgan fingerprint density at radius 3 is 2.95 bits per heavy atom. The number of nitrogens with zero attached hydrogens (tertiary/aromatic N) is 5. The Kier molecular flexibility index (Phi) is 2.54. The Balaban J connectivity index is 1.89. The lowest BCUT2D eigenvalue weighted by Gasteiger charge is -2.02. The SMILES string of the molecule is Nc1cc(-c2ccc(Br)o2)nn1-c1ncnc2nc[nH]c12. The summed E-state index contributed by atoms with van der Waals surface area (Å²) in [6, 6.07) is 5.32. The van der Waals surface area contributed by atoms with Crippen LogP contribution in [0.1, 0.15) is 0 Å². The van der Waals surface area contributed by atoms with Gasteiger partial charge >= 0.3 is 0 Å². The van der Waals surface area contributed by atoms with Crippen molar-refractivity contribution in [2.24, 2.45) is 0 Å². The van der Waals surface area contributed by atoms with Gasteiger partial charge in [0.25, 0.3) is 0 Å². The maximum Gasteiger partial charge on any atom is 0.184 e.